The highest BCUT2D eigenvalue weighted by Crippen LogP contribution is 2.27. The molecule has 1 atom stereocenters. The van der Waals surface area contributed by atoms with Gasteiger partial charge in [-0.15, -0.1) is 0 Å². The van der Waals surface area contributed by atoms with Crippen molar-refractivity contribution in [3.63, 3.8) is 0 Å². The molecular weight excluding hydrogens is 360 g/mol. The number of sulfonamides is 1. The summed E-state index contributed by atoms with van der Waals surface area (Å²) in [6.45, 7) is 4.74. The molecule has 0 aromatic heterocycles. The highest BCUT2D eigenvalue weighted by molar-refractivity contribution is 7.89. The smallest absolute Gasteiger partial charge is 0.243 e. The van der Waals surface area contributed by atoms with Crippen molar-refractivity contribution in [3.8, 4) is 0 Å². The van der Waals surface area contributed by atoms with Gasteiger partial charge in [0.1, 0.15) is 0 Å². The topological polar surface area (TPSA) is 57.7 Å². The van der Waals surface area contributed by atoms with Crippen molar-refractivity contribution >= 4 is 21.6 Å². The van der Waals surface area contributed by atoms with Gasteiger partial charge in [-0.1, -0.05) is 24.3 Å². The Bertz CT molecular complexity index is 926. The van der Waals surface area contributed by atoms with E-state index in [4.69, 9.17) is 0 Å². The minimum absolute atomic E-state index is 0.0359. The first-order valence-corrected chi connectivity index (χ1v) is 10.6. The molecule has 0 N–H and O–H groups in total. The quantitative estimate of drug-likeness (QED) is 0.810. The summed E-state index contributed by atoms with van der Waals surface area (Å²) in [6.07, 6.45) is 1.39. The van der Waals surface area contributed by atoms with Crippen LogP contribution in [0.25, 0.3) is 0 Å². The molecule has 1 fully saturated rings. The molecule has 1 amide bonds. The summed E-state index contributed by atoms with van der Waals surface area (Å²) in [6, 6.07) is 14.3. The number of nitrogens with zero attached hydrogens (tertiary/aromatic N) is 2. The van der Waals surface area contributed by atoms with Gasteiger partial charge in [-0.2, -0.15) is 4.31 Å². The van der Waals surface area contributed by atoms with Crippen LogP contribution in [0.1, 0.15) is 24.0 Å². The van der Waals surface area contributed by atoms with Crippen molar-refractivity contribution in [1.82, 2.24) is 4.31 Å². The fourth-order valence-electron chi connectivity index (χ4n) is 3.44. The van der Waals surface area contributed by atoms with E-state index < -0.39 is 10.0 Å². The van der Waals surface area contributed by atoms with Crippen molar-refractivity contribution in [3.05, 3.63) is 59.7 Å². The number of carbonyl (C=O) groups is 1. The number of hydrogen-bond donors (Lipinski definition) is 0. The summed E-state index contributed by atoms with van der Waals surface area (Å²) < 4.78 is 27.2. The Morgan fingerprint density at radius 1 is 1.07 bits per heavy atom. The second-order valence-corrected chi connectivity index (χ2v) is 9.12. The molecule has 1 aliphatic heterocycles. The third-order valence-electron chi connectivity index (χ3n) is 5.32. The van der Waals surface area contributed by atoms with Crippen LogP contribution < -0.4 is 4.90 Å². The molecule has 0 unspecified atom stereocenters. The number of hydrogen-bond acceptors (Lipinski definition) is 3. The van der Waals surface area contributed by atoms with E-state index in [1.165, 1.54) is 9.87 Å². The Morgan fingerprint density at radius 2 is 1.78 bits per heavy atom. The first kappa shape index (κ1) is 19.6. The first-order valence-electron chi connectivity index (χ1n) is 9.20. The van der Waals surface area contributed by atoms with E-state index >= 15 is 0 Å². The van der Waals surface area contributed by atoms with Crippen molar-refractivity contribution in [2.45, 2.75) is 31.6 Å². The summed E-state index contributed by atoms with van der Waals surface area (Å²) in [4.78, 5) is 14.9. The van der Waals surface area contributed by atoms with Gasteiger partial charge in [-0.05, 0) is 62.1 Å². The van der Waals surface area contributed by atoms with Gasteiger partial charge >= 0.3 is 0 Å². The van der Waals surface area contributed by atoms with Crippen LogP contribution in [0.3, 0.4) is 0 Å². The van der Waals surface area contributed by atoms with E-state index in [0.29, 0.717) is 19.4 Å². The van der Waals surface area contributed by atoms with E-state index in [1.807, 2.05) is 32.0 Å². The molecule has 1 heterocycles. The van der Waals surface area contributed by atoms with Crippen LogP contribution in [-0.2, 0) is 14.8 Å². The zero-order valence-electron chi connectivity index (χ0n) is 16.1. The van der Waals surface area contributed by atoms with E-state index in [9.17, 15) is 13.2 Å². The van der Waals surface area contributed by atoms with E-state index in [2.05, 4.69) is 0 Å². The lowest BCUT2D eigenvalue weighted by atomic mass is 9.98. The highest BCUT2D eigenvalue weighted by atomic mass is 32.2. The van der Waals surface area contributed by atoms with Crippen molar-refractivity contribution in [1.29, 1.82) is 0 Å². The average molecular weight is 387 g/mol. The van der Waals surface area contributed by atoms with E-state index in [1.54, 1.807) is 42.3 Å². The number of benzene rings is 2. The molecule has 0 bridgehead atoms. The standard InChI is InChI=1S/C21H26N2O3S/c1-16-11-12-19(14-17(16)2)22(3)21(24)18-8-7-13-23(15-18)27(25,26)20-9-5-4-6-10-20/h4-6,9-12,14,18H,7-8,13,15H2,1-3H3/t18-/m1/s1. The van der Waals surface area contributed by atoms with Gasteiger partial charge < -0.3 is 4.90 Å². The number of piperidine rings is 1. The normalized spacial score (nSPS) is 18.3. The first-order chi connectivity index (χ1) is 12.8. The molecule has 2 aromatic carbocycles. The van der Waals surface area contributed by atoms with Crippen LogP contribution in [0.2, 0.25) is 0 Å². The second kappa shape index (κ2) is 7.82. The Hall–Kier alpha value is -2.18. The molecule has 2 aromatic rings. The third-order valence-corrected chi connectivity index (χ3v) is 7.20. The minimum atomic E-state index is -3.57. The molecule has 5 nitrogen and oxygen atoms in total. The number of carbonyl (C=O) groups excluding carboxylic acids is 1. The number of anilines is 1. The van der Waals surface area contributed by atoms with Crippen LogP contribution in [0.15, 0.2) is 53.4 Å². The summed E-state index contributed by atoms with van der Waals surface area (Å²) in [7, 11) is -1.81. The molecular formula is C21H26N2O3S. The Kier molecular flexibility index (Phi) is 5.67. The van der Waals surface area contributed by atoms with Gasteiger partial charge in [0.05, 0.1) is 10.8 Å². The molecule has 0 radical (unpaired) electrons. The van der Waals surface area contributed by atoms with Gasteiger partial charge in [0.2, 0.25) is 15.9 Å². The Morgan fingerprint density at radius 3 is 2.44 bits per heavy atom. The predicted octanol–water partition coefficient (Wildman–Crippen LogP) is 3.37. The van der Waals surface area contributed by atoms with Crippen LogP contribution in [0.4, 0.5) is 5.69 Å². The summed E-state index contributed by atoms with van der Waals surface area (Å²) >= 11 is 0. The molecule has 1 aliphatic rings. The van der Waals surface area contributed by atoms with Gasteiger partial charge in [0.25, 0.3) is 0 Å². The SMILES string of the molecule is Cc1ccc(N(C)C(=O)[C@@H]2CCCN(S(=O)(=O)c3ccccc3)C2)cc1C. The van der Waals surface area contributed by atoms with Gasteiger partial charge in [-0.25, -0.2) is 8.42 Å². The molecule has 6 heteroatoms. The average Bonchev–Trinajstić information content (AvgIpc) is 2.69. The fraction of sp³-hybridized carbons (Fsp3) is 0.381. The Balaban J connectivity index is 1.77. The fourth-order valence-corrected chi connectivity index (χ4v) is 4.98. The van der Waals surface area contributed by atoms with Crippen molar-refractivity contribution in [2.75, 3.05) is 25.0 Å². The number of aryl methyl sites for hydroxylation is 2. The van der Waals surface area contributed by atoms with Crippen molar-refractivity contribution in [2.24, 2.45) is 5.92 Å². The largest absolute Gasteiger partial charge is 0.315 e. The maximum atomic E-state index is 13.0. The molecule has 0 spiro atoms. The lowest BCUT2D eigenvalue weighted by Crippen LogP contribution is -2.45. The number of rotatable bonds is 4. The predicted molar refractivity (Wildman–Crippen MR) is 107 cm³/mol. The molecule has 27 heavy (non-hydrogen) atoms. The summed E-state index contributed by atoms with van der Waals surface area (Å²) in [5.74, 6) is -0.366. The van der Waals surface area contributed by atoms with Gasteiger partial charge in [-0.3, -0.25) is 4.79 Å². The van der Waals surface area contributed by atoms with Crippen LogP contribution in [-0.4, -0.2) is 38.8 Å². The third kappa shape index (κ3) is 4.06. The maximum absolute atomic E-state index is 13.0. The lowest BCUT2D eigenvalue weighted by Gasteiger charge is -2.33. The summed E-state index contributed by atoms with van der Waals surface area (Å²) in [5, 5.41) is 0. The molecule has 0 aliphatic carbocycles. The van der Waals surface area contributed by atoms with Gasteiger partial charge in [0.15, 0.2) is 0 Å². The monoisotopic (exact) mass is 386 g/mol. The molecule has 0 saturated carbocycles. The van der Waals surface area contributed by atoms with Gasteiger partial charge in [0, 0.05) is 25.8 Å². The Labute approximate surface area is 161 Å². The van der Waals surface area contributed by atoms with Crippen LogP contribution in [0.5, 0.6) is 0 Å². The molecule has 1 saturated heterocycles. The molecule has 144 valence electrons. The number of amides is 1. The van der Waals surface area contributed by atoms with Crippen LogP contribution >= 0.6 is 0 Å². The minimum Gasteiger partial charge on any atom is -0.315 e. The second-order valence-electron chi connectivity index (χ2n) is 7.18. The zero-order chi connectivity index (χ0) is 19.6. The van der Waals surface area contributed by atoms with Crippen molar-refractivity contribution < 1.29 is 13.2 Å². The zero-order valence-corrected chi connectivity index (χ0v) is 16.9. The molecule has 3 rings (SSSR count). The lowest BCUT2D eigenvalue weighted by molar-refractivity contribution is -0.123. The van der Waals surface area contributed by atoms with E-state index in [-0.39, 0.29) is 23.3 Å². The summed E-state index contributed by atoms with van der Waals surface area (Å²) in [5.41, 5.74) is 3.15. The van der Waals surface area contributed by atoms with E-state index in [0.717, 1.165) is 11.3 Å². The highest BCUT2D eigenvalue weighted by Gasteiger charge is 2.34. The maximum Gasteiger partial charge on any atom is 0.243 e. The van der Waals surface area contributed by atoms with Crippen LogP contribution in [0, 0.1) is 19.8 Å².